The van der Waals surface area contributed by atoms with Crippen molar-refractivity contribution < 1.29 is 24.2 Å². The third-order valence-corrected chi connectivity index (χ3v) is 1.23. The molecule has 0 radical (unpaired) electrons. The molecule has 0 atom stereocenters. The van der Waals surface area contributed by atoms with Crippen LogP contribution in [0, 0.1) is 0 Å². The minimum atomic E-state index is -0.960. The lowest BCUT2D eigenvalue weighted by atomic mass is 9.94. The minimum absolute atomic E-state index is 0.177. The summed E-state index contributed by atoms with van der Waals surface area (Å²) >= 11 is 0. The quantitative estimate of drug-likeness (QED) is 0.243. The third-order valence-electron chi connectivity index (χ3n) is 1.23. The topological polar surface area (TPSA) is 72.8 Å². The van der Waals surface area contributed by atoms with E-state index in [1.807, 2.05) is 0 Å². The Morgan fingerprint density at radius 3 is 1.92 bits per heavy atom. The lowest BCUT2D eigenvalue weighted by molar-refractivity contribution is -0.141. The first-order valence-corrected chi connectivity index (χ1v) is 3.11. The van der Waals surface area contributed by atoms with Crippen LogP contribution in [0.15, 0.2) is 11.2 Å². The Morgan fingerprint density at radius 1 is 1.17 bits per heavy atom. The zero-order valence-corrected chi connectivity index (χ0v) is 7.08. The lowest BCUT2D eigenvalue weighted by Gasteiger charge is -2.01. The Morgan fingerprint density at radius 2 is 1.58 bits per heavy atom. The first kappa shape index (κ1) is 10.5. The molecule has 0 rings (SSSR count). The number of hydrogen-bond donors (Lipinski definition) is 1. The summed E-state index contributed by atoms with van der Waals surface area (Å²) in [7, 11) is 3.51. The fraction of sp³-hybridized carbons (Fsp3) is 0.333. The second-order valence-corrected chi connectivity index (χ2v) is 1.96. The average Bonchev–Trinajstić information content (AvgIpc) is 2.12. The third kappa shape index (κ3) is 2.30. The summed E-state index contributed by atoms with van der Waals surface area (Å²) < 4.78 is 8.44. The number of aliphatic hydroxyl groups is 1. The average molecular weight is 172 g/mol. The Labute approximate surface area is 70.4 Å². The lowest BCUT2D eigenvalue weighted by Crippen LogP contribution is -2.14. The summed E-state index contributed by atoms with van der Waals surface area (Å²) in [4.78, 5) is 21.4. The van der Waals surface area contributed by atoms with Gasteiger partial charge in [-0.15, -0.1) is 0 Å². The first-order valence-electron chi connectivity index (χ1n) is 3.11. The molecule has 0 aliphatic carbocycles. The fourth-order valence-electron chi connectivity index (χ4n) is 0.500. The molecule has 0 bridgehead atoms. The van der Waals surface area contributed by atoms with Gasteiger partial charge in [-0.2, -0.15) is 0 Å². The molecular formula is C6H9BO5. The van der Waals surface area contributed by atoms with E-state index in [2.05, 4.69) is 9.47 Å². The van der Waals surface area contributed by atoms with E-state index in [1.165, 1.54) is 7.85 Å². The predicted molar refractivity (Wildman–Crippen MR) is 42.2 cm³/mol. The number of rotatable bonds is 2. The standard InChI is InChI=1S/C6H9BO5/c1-11-5(9)3(7)4(8)6(10)12-2/h8H,7H2,1-2H3/b4-3+. The molecule has 12 heavy (non-hydrogen) atoms. The van der Waals surface area contributed by atoms with Gasteiger partial charge in [0.25, 0.3) is 0 Å². The molecule has 0 unspecified atom stereocenters. The number of methoxy groups -OCH3 is 2. The van der Waals surface area contributed by atoms with Crippen molar-refractivity contribution in [3.05, 3.63) is 11.2 Å². The molecule has 0 heterocycles. The van der Waals surface area contributed by atoms with Crippen molar-refractivity contribution in [1.82, 2.24) is 0 Å². The van der Waals surface area contributed by atoms with Gasteiger partial charge in [-0.05, 0) is 0 Å². The van der Waals surface area contributed by atoms with Crippen molar-refractivity contribution in [1.29, 1.82) is 0 Å². The number of aliphatic hydroxyl groups excluding tert-OH is 1. The van der Waals surface area contributed by atoms with Crippen molar-refractivity contribution in [3.8, 4) is 0 Å². The van der Waals surface area contributed by atoms with Gasteiger partial charge in [0.1, 0.15) is 0 Å². The van der Waals surface area contributed by atoms with E-state index < -0.39 is 17.7 Å². The molecule has 0 aliphatic heterocycles. The second-order valence-electron chi connectivity index (χ2n) is 1.96. The van der Waals surface area contributed by atoms with Crippen LogP contribution in [0.2, 0.25) is 0 Å². The molecule has 5 nitrogen and oxygen atoms in total. The van der Waals surface area contributed by atoms with E-state index in [-0.39, 0.29) is 5.47 Å². The van der Waals surface area contributed by atoms with Crippen LogP contribution < -0.4 is 0 Å². The summed E-state index contributed by atoms with van der Waals surface area (Å²) in [6.45, 7) is 0. The van der Waals surface area contributed by atoms with E-state index in [1.54, 1.807) is 0 Å². The smallest absolute Gasteiger partial charge is 0.372 e. The second kappa shape index (κ2) is 4.43. The molecule has 0 fully saturated rings. The van der Waals surface area contributed by atoms with Gasteiger partial charge in [0.2, 0.25) is 5.76 Å². The summed E-state index contributed by atoms with van der Waals surface area (Å²) in [6, 6.07) is 0. The Bertz CT molecular complexity index is 208. The van der Waals surface area contributed by atoms with Crippen LogP contribution in [0.4, 0.5) is 0 Å². The minimum Gasteiger partial charge on any atom is -0.502 e. The predicted octanol–water partition coefficient (Wildman–Crippen LogP) is -1.26. The van der Waals surface area contributed by atoms with Crippen molar-refractivity contribution in [2.24, 2.45) is 0 Å². The maximum Gasteiger partial charge on any atom is 0.372 e. The van der Waals surface area contributed by atoms with Crippen molar-refractivity contribution in [3.63, 3.8) is 0 Å². The van der Waals surface area contributed by atoms with Gasteiger partial charge in [0.15, 0.2) is 7.85 Å². The van der Waals surface area contributed by atoms with Crippen LogP contribution in [-0.2, 0) is 19.1 Å². The van der Waals surface area contributed by atoms with Crippen molar-refractivity contribution in [2.75, 3.05) is 14.2 Å². The molecule has 0 aromatic carbocycles. The van der Waals surface area contributed by atoms with Crippen LogP contribution in [0.25, 0.3) is 0 Å². The van der Waals surface area contributed by atoms with Gasteiger partial charge in [0.05, 0.1) is 14.2 Å². The number of carbonyl (C=O) groups is 2. The summed E-state index contributed by atoms with van der Waals surface area (Å²) in [5.41, 5.74) is -0.177. The van der Waals surface area contributed by atoms with Crippen LogP contribution in [0.5, 0.6) is 0 Å². The summed E-state index contributed by atoms with van der Waals surface area (Å²) in [5, 5.41) is 8.99. The highest BCUT2D eigenvalue weighted by molar-refractivity contribution is 6.37. The Balaban J connectivity index is 4.68. The Hall–Kier alpha value is -1.46. The maximum atomic E-state index is 10.7. The molecular weight excluding hydrogens is 163 g/mol. The van der Waals surface area contributed by atoms with E-state index in [0.717, 1.165) is 14.2 Å². The number of ether oxygens (including phenoxy) is 2. The van der Waals surface area contributed by atoms with Crippen molar-refractivity contribution >= 4 is 19.8 Å². The molecule has 6 heteroatoms. The van der Waals surface area contributed by atoms with E-state index in [9.17, 15) is 9.59 Å². The van der Waals surface area contributed by atoms with Crippen molar-refractivity contribution in [2.45, 2.75) is 0 Å². The normalized spacial score (nSPS) is 11.5. The van der Waals surface area contributed by atoms with E-state index in [4.69, 9.17) is 5.11 Å². The number of carbonyl (C=O) groups excluding carboxylic acids is 2. The number of hydrogen-bond acceptors (Lipinski definition) is 5. The van der Waals surface area contributed by atoms with Gasteiger partial charge in [-0.3, -0.25) is 0 Å². The van der Waals surface area contributed by atoms with Gasteiger partial charge in [-0.1, -0.05) is 0 Å². The van der Waals surface area contributed by atoms with Crippen LogP contribution >= 0.6 is 0 Å². The molecule has 0 aromatic rings. The molecule has 0 saturated heterocycles. The summed E-state index contributed by atoms with van der Waals surface area (Å²) in [6.07, 6.45) is 0. The SMILES string of the molecule is B/C(C(=O)OC)=C(/O)C(=O)OC. The highest BCUT2D eigenvalue weighted by Crippen LogP contribution is 2.00. The van der Waals surface area contributed by atoms with Gasteiger partial charge < -0.3 is 14.6 Å². The van der Waals surface area contributed by atoms with Gasteiger partial charge in [-0.25, -0.2) is 9.59 Å². The van der Waals surface area contributed by atoms with Crippen LogP contribution in [0.3, 0.4) is 0 Å². The number of esters is 2. The van der Waals surface area contributed by atoms with Gasteiger partial charge >= 0.3 is 11.9 Å². The maximum absolute atomic E-state index is 10.7. The monoisotopic (exact) mass is 172 g/mol. The molecule has 1 N–H and O–H groups in total. The highest BCUT2D eigenvalue weighted by atomic mass is 16.5. The van der Waals surface area contributed by atoms with Crippen LogP contribution in [-0.4, -0.2) is 39.1 Å². The highest BCUT2D eigenvalue weighted by Gasteiger charge is 2.16. The van der Waals surface area contributed by atoms with E-state index >= 15 is 0 Å². The molecule has 0 aromatic heterocycles. The van der Waals surface area contributed by atoms with Gasteiger partial charge in [0, 0.05) is 5.47 Å². The zero-order valence-electron chi connectivity index (χ0n) is 7.08. The molecule has 0 aliphatic rings. The molecule has 66 valence electrons. The first-order chi connectivity index (χ1) is 5.54. The van der Waals surface area contributed by atoms with Crippen LogP contribution in [0.1, 0.15) is 0 Å². The molecule has 0 saturated carbocycles. The zero-order chi connectivity index (χ0) is 9.72. The van der Waals surface area contributed by atoms with E-state index in [0.29, 0.717) is 0 Å². The molecule has 0 amide bonds. The summed E-state index contributed by atoms with van der Waals surface area (Å²) in [5.74, 6) is -2.46. The largest absolute Gasteiger partial charge is 0.502 e. The molecule has 0 spiro atoms. The Kier molecular flexibility index (Phi) is 3.89. The fourth-order valence-corrected chi connectivity index (χ4v) is 0.500.